The zero-order valence-electron chi connectivity index (χ0n) is 10.1. The third kappa shape index (κ3) is 2.47. The molecule has 0 saturated carbocycles. The summed E-state index contributed by atoms with van der Waals surface area (Å²) < 4.78 is 5.53. The first-order valence-electron chi connectivity index (χ1n) is 6.06. The van der Waals surface area contributed by atoms with Crippen LogP contribution in [0.4, 0.5) is 4.79 Å². The van der Waals surface area contributed by atoms with Gasteiger partial charge in [0, 0.05) is 32.7 Å². The maximum atomic E-state index is 12.3. The Hall–Kier alpha value is -0.810. The van der Waals surface area contributed by atoms with Crippen LogP contribution < -0.4 is 5.32 Å². The highest BCUT2D eigenvalue weighted by Crippen LogP contribution is 2.14. The quantitative estimate of drug-likeness (QED) is 0.639. The molecule has 0 aromatic carbocycles. The Morgan fingerprint density at radius 3 is 2.69 bits per heavy atom. The average molecular weight is 227 g/mol. The van der Waals surface area contributed by atoms with E-state index in [4.69, 9.17) is 4.74 Å². The van der Waals surface area contributed by atoms with Crippen molar-refractivity contribution in [2.45, 2.75) is 26.0 Å². The summed E-state index contributed by atoms with van der Waals surface area (Å²) in [7, 11) is 0. The fourth-order valence-electron chi connectivity index (χ4n) is 2.21. The molecule has 0 bridgehead atoms. The molecule has 5 nitrogen and oxygen atoms in total. The van der Waals surface area contributed by atoms with Crippen molar-refractivity contribution in [3.8, 4) is 0 Å². The molecular weight excluding hydrogens is 206 g/mol. The van der Waals surface area contributed by atoms with Crippen LogP contribution in [0.3, 0.4) is 0 Å². The predicted molar refractivity (Wildman–Crippen MR) is 61.4 cm³/mol. The smallest absolute Gasteiger partial charge is 0.320 e. The summed E-state index contributed by atoms with van der Waals surface area (Å²) >= 11 is 0. The molecule has 92 valence electrons. The minimum absolute atomic E-state index is 0.156. The van der Waals surface area contributed by atoms with Crippen molar-refractivity contribution in [2.24, 2.45) is 0 Å². The van der Waals surface area contributed by atoms with E-state index in [1.165, 1.54) is 0 Å². The van der Waals surface area contributed by atoms with Crippen LogP contribution in [-0.4, -0.2) is 67.3 Å². The Kier molecular flexibility index (Phi) is 3.66. The van der Waals surface area contributed by atoms with Gasteiger partial charge in [-0.25, -0.2) is 4.79 Å². The highest BCUT2D eigenvalue weighted by atomic mass is 16.5. The van der Waals surface area contributed by atoms with Crippen LogP contribution in [0.1, 0.15) is 13.8 Å². The maximum Gasteiger partial charge on any atom is 0.320 e. The first-order chi connectivity index (χ1) is 7.68. The molecule has 2 unspecified atom stereocenters. The second kappa shape index (κ2) is 5.01. The lowest BCUT2D eigenvalue weighted by atomic mass is 10.2. The molecular formula is C11H21N3O2. The van der Waals surface area contributed by atoms with E-state index in [0.29, 0.717) is 13.2 Å². The fraction of sp³-hybridized carbons (Fsp3) is 0.909. The highest BCUT2D eigenvalue weighted by molar-refractivity contribution is 5.75. The molecule has 0 aromatic rings. The number of hydrogen-bond donors (Lipinski definition) is 1. The van der Waals surface area contributed by atoms with Crippen molar-refractivity contribution in [2.75, 3.05) is 39.3 Å². The van der Waals surface area contributed by atoms with Gasteiger partial charge >= 0.3 is 6.03 Å². The molecule has 0 aromatic heterocycles. The summed E-state index contributed by atoms with van der Waals surface area (Å²) in [6, 6.07) is 0.364. The van der Waals surface area contributed by atoms with Crippen LogP contribution in [0.25, 0.3) is 0 Å². The largest absolute Gasteiger partial charge is 0.375 e. The molecule has 2 aliphatic rings. The zero-order valence-corrected chi connectivity index (χ0v) is 10.1. The molecule has 2 amide bonds. The van der Waals surface area contributed by atoms with Crippen LogP contribution in [0.5, 0.6) is 0 Å². The monoisotopic (exact) mass is 227 g/mol. The van der Waals surface area contributed by atoms with E-state index in [0.717, 1.165) is 26.2 Å². The summed E-state index contributed by atoms with van der Waals surface area (Å²) in [6.45, 7) is 8.87. The van der Waals surface area contributed by atoms with Gasteiger partial charge in [-0.2, -0.15) is 0 Å². The lowest BCUT2D eigenvalue weighted by Crippen LogP contribution is -2.57. The van der Waals surface area contributed by atoms with Crippen molar-refractivity contribution in [3.63, 3.8) is 0 Å². The number of urea groups is 1. The average Bonchev–Trinajstić information content (AvgIpc) is 2.32. The molecule has 16 heavy (non-hydrogen) atoms. The van der Waals surface area contributed by atoms with E-state index >= 15 is 0 Å². The molecule has 0 aliphatic carbocycles. The van der Waals surface area contributed by atoms with Gasteiger partial charge in [0.05, 0.1) is 18.8 Å². The Morgan fingerprint density at radius 1 is 1.31 bits per heavy atom. The van der Waals surface area contributed by atoms with E-state index < -0.39 is 0 Å². The number of amides is 2. The standard InChI is InChI=1S/C11H21N3O2/c1-9-8-16-10(2)7-14(9)11(15)13-5-3-12-4-6-13/h9-10,12H,3-8H2,1-2H3. The normalized spacial score (nSPS) is 31.6. The van der Waals surface area contributed by atoms with Gasteiger partial charge in [0.25, 0.3) is 0 Å². The van der Waals surface area contributed by atoms with E-state index in [1.807, 2.05) is 23.6 Å². The van der Waals surface area contributed by atoms with Crippen molar-refractivity contribution in [1.29, 1.82) is 0 Å². The van der Waals surface area contributed by atoms with Gasteiger partial charge < -0.3 is 19.9 Å². The third-order valence-corrected chi connectivity index (χ3v) is 3.24. The molecule has 0 radical (unpaired) electrons. The van der Waals surface area contributed by atoms with Gasteiger partial charge in [-0.05, 0) is 13.8 Å². The zero-order chi connectivity index (χ0) is 11.5. The first-order valence-corrected chi connectivity index (χ1v) is 6.06. The maximum absolute atomic E-state index is 12.3. The van der Waals surface area contributed by atoms with Gasteiger partial charge in [0.1, 0.15) is 0 Å². The number of nitrogens with zero attached hydrogens (tertiary/aromatic N) is 2. The van der Waals surface area contributed by atoms with Crippen LogP contribution in [-0.2, 0) is 4.74 Å². The van der Waals surface area contributed by atoms with E-state index in [1.54, 1.807) is 0 Å². The van der Waals surface area contributed by atoms with Crippen molar-refractivity contribution < 1.29 is 9.53 Å². The number of morpholine rings is 1. The lowest BCUT2D eigenvalue weighted by Gasteiger charge is -2.40. The van der Waals surface area contributed by atoms with Crippen molar-refractivity contribution in [1.82, 2.24) is 15.1 Å². The second-order valence-corrected chi connectivity index (χ2v) is 4.66. The number of piperazine rings is 1. The molecule has 2 saturated heterocycles. The highest BCUT2D eigenvalue weighted by Gasteiger charge is 2.30. The molecule has 2 fully saturated rings. The summed E-state index contributed by atoms with van der Waals surface area (Å²) in [5.41, 5.74) is 0. The lowest BCUT2D eigenvalue weighted by molar-refractivity contribution is -0.0376. The number of rotatable bonds is 0. The first kappa shape index (κ1) is 11.7. The fourth-order valence-corrected chi connectivity index (χ4v) is 2.21. The molecule has 2 rings (SSSR count). The van der Waals surface area contributed by atoms with Crippen LogP contribution in [0, 0.1) is 0 Å². The van der Waals surface area contributed by atoms with Gasteiger partial charge in [0.2, 0.25) is 0 Å². The van der Waals surface area contributed by atoms with E-state index in [2.05, 4.69) is 5.32 Å². The number of hydrogen-bond acceptors (Lipinski definition) is 3. The number of carbonyl (C=O) groups is 1. The van der Waals surface area contributed by atoms with Gasteiger partial charge in [-0.3, -0.25) is 0 Å². The minimum atomic E-state index is 0.156. The van der Waals surface area contributed by atoms with Crippen LogP contribution >= 0.6 is 0 Å². The molecule has 2 aliphatic heterocycles. The van der Waals surface area contributed by atoms with E-state index in [9.17, 15) is 4.79 Å². The van der Waals surface area contributed by atoms with Crippen molar-refractivity contribution >= 4 is 6.03 Å². The van der Waals surface area contributed by atoms with Gasteiger partial charge in [-0.1, -0.05) is 0 Å². The number of nitrogens with one attached hydrogen (secondary N) is 1. The number of ether oxygens (including phenoxy) is 1. The molecule has 2 heterocycles. The molecule has 5 heteroatoms. The van der Waals surface area contributed by atoms with E-state index in [-0.39, 0.29) is 18.2 Å². The minimum Gasteiger partial charge on any atom is -0.375 e. The third-order valence-electron chi connectivity index (χ3n) is 3.24. The van der Waals surface area contributed by atoms with Gasteiger partial charge in [-0.15, -0.1) is 0 Å². The summed E-state index contributed by atoms with van der Waals surface area (Å²) in [4.78, 5) is 16.2. The predicted octanol–water partition coefficient (Wildman–Crippen LogP) is 0.121. The van der Waals surface area contributed by atoms with Gasteiger partial charge in [0.15, 0.2) is 0 Å². The summed E-state index contributed by atoms with van der Waals surface area (Å²) in [5.74, 6) is 0. The molecule has 2 atom stereocenters. The molecule has 1 N–H and O–H groups in total. The summed E-state index contributed by atoms with van der Waals surface area (Å²) in [5, 5.41) is 3.26. The topological polar surface area (TPSA) is 44.8 Å². The Balaban J connectivity index is 1.96. The number of carbonyl (C=O) groups excluding carboxylic acids is 1. The Labute approximate surface area is 96.7 Å². The van der Waals surface area contributed by atoms with Crippen LogP contribution in [0.2, 0.25) is 0 Å². The van der Waals surface area contributed by atoms with Crippen LogP contribution in [0.15, 0.2) is 0 Å². The Morgan fingerprint density at radius 2 is 2.00 bits per heavy atom. The second-order valence-electron chi connectivity index (χ2n) is 4.66. The molecule has 0 spiro atoms. The van der Waals surface area contributed by atoms with Crippen molar-refractivity contribution in [3.05, 3.63) is 0 Å². The SMILES string of the molecule is CC1CN(C(=O)N2CCNCC2)C(C)CO1. The summed E-state index contributed by atoms with van der Waals surface area (Å²) in [6.07, 6.45) is 0.156. The Bertz CT molecular complexity index is 254.